The van der Waals surface area contributed by atoms with Crippen LogP contribution in [0.1, 0.15) is 0 Å². The largest absolute Gasteiger partial charge is 0.493 e. The number of hydrogen-bond acceptors (Lipinski definition) is 4. The molecule has 0 fully saturated rings. The zero-order valence-electron chi connectivity index (χ0n) is 14.1. The van der Waals surface area contributed by atoms with Gasteiger partial charge < -0.3 is 14.0 Å². The second-order valence-electron chi connectivity index (χ2n) is 5.34. The van der Waals surface area contributed by atoms with E-state index >= 15 is 0 Å². The highest BCUT2D eigenvalue weighted by Gasteiger charge is 2.10. The van der Waals surface area contributed by atoms with Gasteiger partial charge in [-0.3, -0.25) is 4.79 Å². The number of methoxy groups -OCH3 is 1. The van der Waals surface area contributed by atoms with Crippen molar-refractivity contribution < 1.29 is 18.7 Å². The van der Waals surface area contributed by atoms with Gasteiger partial charge in [-0.05, 0) is 30.3 Å². The minimum absolute atomic E-state index is 0.225. The van der Waals surface area contributed by atoms with E-state index in [9.17, 15) is 9.18 Å². The number of carbonyl (C=O) groups excluding carboxylic acids is 1. The monoisotopic (exact) mass is 372 g/mol. The van der Waals surface area contributed by atoms with Crippen LogP contribution in [0.5, 0.6) is 11.5 Å². The molecule has 0 aliphatic rings. The van der Waals surface area contributed by atoms with Crippen LogP contribution in [0.4, 0.5) is 4.39 Å². The van der Waals surface area contributed by atoms with Crippen molar-refractivity contribution in [3.63, 3.8) is 0 Å². The summed E-state index contributed by atoms with van der Waals surface area (Å²) in [5.41, 5.74) is 0.800. The molecule has 0 spiro atoms. The van der Waals surface area contributed by atoms with Crippen molar-refractivity contribution in [1.29, 1.82) is 0 Å². The van der Waals surface area contributed by atoms with Crippen LogP contribution in [0.2, 0.25) is 0 Å². The number of amides is 1. The molecule has 0 saturated carbocycles. The third kappa shape index (κ3) is 3.83. The molecule has 7 heteroatoms. The van der Waals surface area contributed by atoms with Crippen LogP contribution in [-0.2, 0) is 11.3 Å². The number of fused-ring (bicyclic) bond motifs is 1. The Hall–Kier alpha value is -2.93. The number of nitrogens with zero attached hydrogens (tertiary/aromatic N) is 2. The average Bonchev–Trinajstić information content (AvgIpc) is 2.96. The number of aromatic nitrogens is 1. The van der Waals surface area contributed by atoms with Gasteiger partial charge in [-0.15, -0.1) is 6.58 Å². The minimum atomic E-state index is -0.444. The Balaban J connectivity index is 1.87. The SMILES string of the molecule is C=CCn1c(=NC(=O)COc2ccccc2OC)sc2cc(F)ccc21. The lowest BCUT2D eigenvalue weighted by atomic mass is 10.3. The zero-order valence-corrected chi connectivity index (χ0v) is 15.0. The zero-order chi connectivity index (χ0) is 18.5. The van der Waals surface area contributed by atoms with Crippen LogP contribution >= 0.6 is 11.3 Å². The van der Waals surface area contributed by atoms with Gasteiger partial charge in [0.25, 0.3) is 5.91 Å². The number of thiazole rings is 1. The van der Waals surface area contributed by atoms with Crippen LogP contribution in [0.25, 0.3) is 10.2 Å². The van der Waals surface area contributed by atoms with E-state index in [1.54, 1.807) is 30.3 Å². The first-order valence-electron chi connectivity index (χ1n) is 7.85. The molecule has 0 N–H and O–H groups in total. The number of para-hydroxylation sites is 2. The number of rotatable bonds is 6. The van der Waals surface area contributed by atoms with Crippen molar-refractivity contribution in [3.05, 3.63) is 65.7 Å². The molecular formula is C19H17FN2O3S. The van der Waals surface area contributed by atoms with Gasteiger partial charge in [0.15, 0.2) is 22.9 Å². The quantitative estimate of drug-likeness (QED) is 0.622. The maximum Gasteiger partial charge on any atom is 0.286 e. The summed E-state index contributed by atoms with van der Waals surface area (Å²) in [4.78, 5) is 16.8. The van der Waals surface area contributed by atoms with Crippen LogP contribution < -0.4 is 14.3 Å². The summed E-state index contributed by atoms with van der Waals surface area (Å²) >= 11 is 1.24. The van der Waals surface area contributed by atoms with Gasteiger partial charge in [-0.25, -0.2) is 4.39 Å². The summed E-state index contributed by atoms with van der Waals surface area (Å²) in [7, 11) is 1.53. The van der Waals surface area contributed by atoms with E-state index in [0.29, 0.717) is 27.5 Å². The fourth-order valence-electron chi connectivity index (χ4n) is 2.45. The fraction of sp³-hybridized carbons (Fsp3) is 0.158. The van der Waals surface area contributed by atoms with Crippen molar-refractivity contribution >= 4 is 27.5 Å². The third-order valence-corrected chi connectivity index (χ3v) is 4.64. The molecule has 0 saturated heterocycles. The number of benzene rings is 2. The first kappa shape index (κ1) is 17.9. The molecule has 5 nitrogen and oxygen atoms in total. The molecule has 0 aliphatic carbocycles. The van der Waals surface area contributed by atoms with Crippen molar-refractivity contribution in [2.24, 2.45) is 4.99 Å². The number of ether oxygens (including phenoxy) is 2. The topological polar surface area (TPSA) is 52.8 Å². The van der Waals surface area contributed by atoms with E-state index in [0.717, 1.165) is 5.52 Å². The molecule has 0 aliphatic heterocycles. The Morgan fingerprint density at radius 3 is 2.81 bits per heavy atom. The molecule has 2 aromatic carbocycles. The minimum Gasteiger partial charge on any atom is -0.493 e. The molecule has 26 heavy (non-hydrogen) atoms. The summed E-state index contributed by atoms with van der Waals surface area (Å²) in [6.45, 7) is 3.96. The first-order valence-corrected chi connectivity index (χ1v) is 8.67. The van der Waals surface area contributed by atoms with Crippen molar-refractivity contribution in [2.75, 3.05) is 13.7 Å². The smallest absolute Gasteiger partial charge is 0.286 e. The molecule has 3 aromatic rings. The Bertz CT molecular complexity index is 1020. The van der Waals surface area contributed by atoms with Crippen molar-refractivity contribution in [2.45, 2.75) is 6.54 Å². The molecule has 134 valence electrons. The van der Waals surface area contributed by atoms with Crippen LogP contribution in [0, 0.1) is 5.82 Å². The van der Waals surface area contributed by atoms with E-state index < -0.39 is 5.91 Å². The lowest BCUT2D eigenvalue weighted by Crippen LogP contribution is -2.19. The van der Waals surface area contributed by atoms with Gasteiger partial charge in [-0.2, -0.15) is 4.99 Å². The van der Waals surface area contributed by atoms with Crippen molar-refractivity contribution in [3.8, 4) is 11.5 Å². The standard InChI is InChI=1S/C19H17FN2O3S/c1-3-10-22-14-9-8-13(20)11-17(14)26-19(22)21-18(23)12-25-16-7-5-4-6-15(16)24-2/h3-9,11H,1,10,12H2,2H3. The molecule has 3 rings (SSSR count). The maximum atomic E-state index is 13.5. The third-order valence-electron chi connectivity index (χ3n) is 3.60. The van der Waals surface area contributed by atoms with Gasteiger partial charge in [0.1, 0.15) is 5.82 Å². The summed E-state index contributed by atoms with van der Waals surface area (Å²) < 4.78 is 26.7. The molecule has 0 atom stereocenters. The van der Waals surface area contributed by atoms with E-state index in [1.165, 1.54) is 30.6 Å². The van der Waals surface area contributed by atoms with Crippen LogP contribution in [-0.4, -0.2) is 24.2 Å². The van der Waals surface area contributed by atoms with E-state index in [2.05, 4.69) is 11.6 Å². The average molecular weight is 372 g/mol. The normalized spacial score (nSPS) is 11.5. The number of carbonyl (C=O) groups is 1. The number of halogens is 1. The molecule has 1 amide bonds. The summed E-state index contributed by atoms with van der Waals surface area (Å²) in [6, 6.07) is 11.5. The summed E-state index contributed by atoms with van der Waals surface area (Å²) in [5.74, 6) is 0.234. The lowest BCUT2D eigenvalue weighted by molar-refractivity contribution is -0.120. The van der Waals surface area contributed by atoms with E-state index in [-0.39, 0.29) is 12.4 Å². The van der Waals surface area contributed by atoms with Gasteiger partial charge in [0.05, 0.1) is 17.3 Å². The molecule has 0 unspecified atom stereocenters. The Labute approximate surface area is 153 Å². The summed E-state index contributed by atoms with van der Waals surface area (Å²) in [5, 5.41) is 0. The van der Waals surface area contributed by atoms with Gasteiger partial charge in [0, 0.05) is 6.54 Å². The molecule has 0 radical (unpaired) electrons. The van der Waals surface area contributed by atoms with E-state index in [1.807, 2.05) is 10.6 Å². The lowest BCUT2D eigenvalue weighted by Gasteiger charge is -2.08. The highest BCUT2D eigenvalue weighted by molar-refractivity contribution is 7.16. The first-order chi connectivity index (χ1) is 12.6. The Morgan fingerprint density at radius 2 is 2.08 bits per heavy atom. The predicted octanol–water partition coefficient (Wildman–Crippen LogP) is 3.54. The second kappa shape index (κ2) is 7.97. The van der Waals surface area contributed by atoms with Gasteiger partial charge in [0.2, 0.25) is 0 Å². The van der Waals surface area contributed by atoms with Gasteiger partial charge >= 0.3 is 0 Å². The predicted molar refractivity (Wildman–Crippen MR) is 99.0 cm³/mol. The Morgan fingerprint density at radius 1 is 1.31 bits per heavy atom. The second-order valence-corrected chi connectivity index (χ2v) is 6.35. The molecule has 1 aromatic heterocycles. The highest BCUT2D eigenvalue weighted by atomic mass is 32.1. The number of hydrogen-bond donors (Lipinski definition) is 0. The van der Waals surface area contributed by atoms with Gasteiger partial charge in [-0.1, -0.05) is 29.5 Å². The van der Waals surface area contributed by atoms with E-state index in [4.69, 9.17) is 9.47 Å². The fourth-order valence-corrected chi connectivity index (χ4v) is 3.54. The maximum absolute atomic E-state index is 13.5. The van der Waals surface area contributed by atoms with Crippen LogP contribution in [0.3, 0.4) is 0 Å². The van der Waals surface area contributed by atoms with Crippen molar-refractivity contribution in [1.82, 2.24) is 4.57 Å². The molecular weight excluding hydrogens is 355 g/mol. The summed E-state index contributed by atoms with van der Waals surface area (Å²) in [6.07, 6.45) is 1.70. The molecule has 0 bridgehead atoms. The number of allylic oxidation sites excluding steroid dienone is 1. The Kier molecular flexibility index (Phi) is 5.48. The molecule has 1 heterocycles. The highest BCUT2D eigenvalue weighted by Crippen LogP contribution is 2.25. The van der Waals surface area contributed by atoms with Crippen LogP contribution in [0.15, 0.2) is 60.1 Å².